The predicted molar refractivity (Wildman–Crippen MR) is 80.3 cm³/mol. The monoisotopic (exact) mass is 278 g/mol. The van der Waals surface area contributed by atoms with Crippen molar-refractivity contribution in [3.63, 3.8) is 0 Å². The molecule has 1 aliphatic rings. The molecule has 0 aliphatic heterocycles. The third kappa shape index (κ3) is 3.32. The minimum absolute atomic E-state index is 0.0219. The Morgan fingerprint density at radius 1 is 1.40 bits per heavy atom. The van der Waals surface area contributed by atoms with E-state index in [2.05, 4.69) is 17.3 Å². The number of carbonyl (C=O) groups is 1. The number of anilines is 1. The number of aromatic nitrogens is 2. The lowest BCUT2D eigenvalue weighted by molar-refractivity contribution is -0.122. The van der Waals surface area contributed by atoms with E-state index in [-0.39, 0.29) is 18.5 Å². The van der Waals surface area contributed by atoms with E-state index >= 15 is 0 Å². The molecule has 1 unspecified atom stereocenters. The first kappa shape index (κ1) is 14.9. The van der Waals surface area contributed by atoms with Gasteiger partial charge in [0.2, 0.25) is 5.91 Å². The number of nitrogens with one attached hydrogen (secondary N) is 1. The molecule has 5 heteroatoms. The largest absolute Gasteiger partial charge is 0.396 e. The predicted octanol–water partition coefficient (Wildman–Crippen LogP) is 2.17. The van der Waals surface area contributed by atoms with Crippen LogP contribution < -0.4 is 11.1 Å². The number of nitrogens with two attached hydrogens (primary N) is 1. The van der Waals surface area contributed by atoms with Crippen molar-refractivity contribution in [2.45, 2.75) is 65.5 Å². The van der Waals surface area contributed by atoms with Crippen molar-refractivity contribution in [1.29, 1.82) is 0 Å². The number of aryl methyl sites for hydroxylation is 1. The summed E-state index contributed by atoms with van der Waals surface area (Å²) in [5, 5.41) is 7.41. The molecule has 1 fully saturated rings. The van der Waals surface area contributed by atoms with Crippen LogP contribution >= 0.6 is 0 Å². The smallest absolute Gasteiger partial charge is 0.241 e. The Labute approximate surface area is 120 Å². The first-order chi connectivity index (χ1) is 9.49. The normalized spacial score (nSPS) is 17.9. The topological polar surface area (TPSA) is 72.9 Å². The maximum Gasteiger partial charge on any atom is 0.241 e. The third-order valence-electron chi connectivity index (χ3n) is 4.48. The van der Waals surface area contributed by atoms with Gasteiger partial charge in [-0.05, 0) is 39.5 Å². The zero-order chi connectivity index (χ0) is 14.7. The van der Waals surface area contributed by atoms with E-state index in [1.165, 1.54) is 32.1 Å². The molecule has 0 spiro atoms. The van der Waals surface area contributed by atoms with Gasteiger partial charge in [-0.3, -0.25) is 9.48 Å². The van der Waals surface area contributed by atoms with Gasteiger partial charge < -0.3 is 11.1 Å². The molecule has 1 aromatic heterocycles. The number of carbonyl (C=O) groups excluding carboxylic acids is 1. The number of hydrogen-bond donors (Lipinski definition) is 2. The van der Waals surface area contributed by atoms with E-state index in [1.54, 1.807) is 4.68 Å². The summed E-state index contributed by atoms with van der Waals surface area (Å²) in [4.78, 5) is 12.1. The van der Waals surface area contributed by atoms with Crippen LogP contribution in [0.5, 0.6) is 0 Å². The second kappa shape index (κ2) is 6.29. The Morgan fingerprint density at radius 2 is 2.05 bits per heavy atom. The van der Waals surface area contributed by atoms with Crippen molar-refractivity contribution in [2.75, 3.05) is 5.73 Å². The lowest BCUT2D eigenvalue weighted by Gasteiger charge is -2.28. The van der Waals surface area contributed by atoms with Gasteiger partial charge in [0.25, 0.3) is 0 Å². The van der Waals surface area contributed by atoms with Crippen LogP contribution in [0.2, 0.25) is 0 Å². The molecule has 1 aliphatic carbocycles. The fourth-order valence-corrected chi connectivity index (χ4v) is 3.05. The van der Waals surface area contributed by atoms with Gasteiger partial charge in [-0.1, -0.05) is 19.3 Å². The van der Waals surface area contributed by atoms with Crippen LogP contribution in [0.15, 0.2) is 0 Å². The Hall–Kier alpha value is -1.52. The van der Waals surface area contributed by atoms with Crippen molar-refractivity contribution < 1.29 is 4.79 Å². The van der Waals surface area contributed by atoms with Gasteiger partial charge in [-0.15, -0.1) is 0 Å². The minimum atomic E-state index is 0.0219. The van der Waals surface area contributed by atoms with Gasteiger partial charge in [0, 0.05) is 6.04 Å². The van der Waals surface area contributed by atoms with Crippen molar-refractivity contribution in [1.82, 2.24) is 15.1 Å². The van der Waals surface area contributed by atoms with E-state index in [0.29, 0.717) is 11.6 Å². The number of rotatable bonds is 4. The first-order valence-electron chi connectivity index (χ1n) is 7.58. The number of nitrogen functional groups attached to an aromatic ring is 1. The zero-order valence-electron chi connectivity index (χ0n) is 12.8. The Balaban J connectivity index is 1.89. The zero-order valence-corrected chi connectivity index (χ0v) is 12.8. The van der Waals surface area contributed by atoms with Crippen LogP contribution in [0.3, 0.4) is 0 Å². The molecule has 0 saturated heterocycles. The van der Waals surface area contributed by atoms with E-state index in [1.807, 2.05) is 13.8 Å². The minimum Gasteiger partial charge on any atom is -0.396 e. The standard InChI is InChI=1S/C15H26N4O/c1-10(13-7-5-4-6-8-13)17-14(20)9-19-12(3)15(16)11(2)18-19/h10,13H,4-9,16H2,1-3H3,(H,17,20). The molecular weight excluding hydrogens is 252 g/mol. The van der Waals surface area contributed by atoms with Gasteiger partial charge in [0.05, 0.1) is 17.1 Å². The second-order valence-corrected chi connectivity index (χ2v) is 6.00. The average Bonchev–Trinajstić information content (AvgIpc) is 2.67. The van der Waals surface area contributed by atoms with Gasteiger partial charge >= 0.3 is 0 Å². The van der Waals surface area contributed by atoms with E-state index in [0.717, 1.165) is 11.4 Å². The lowest BCUT2D eigenvalue weighted by Crippen LogP contribution is -2.40. The van der Waals surface area contributed by atoms with Gasteiger partial charge in [0.15, 0.2) is 0 Å². The highest BCUT2D eigenvalue weighted by atomic mass is 16.2. The Kier molecular flexibility index (Phi) is 4.68. The van der Waals surface area contributed by atoms with Crippen LogP contribution in [-0.2, 0) is 11.3 Å². The number of amides is 1. The summed E-state index contributed by atoms with van der Waals surface area (Å²) in [6.45, 7) is 6.12. The summed E-state index contributed by atoms with van der Waals surface area (Å²) in [5.41, 5.74) is 8.21. The molecule has 1 aromatic rings. The van der Waals surface area contributed by atoms with Crippen molar-refractivity contribution >= 4 is 11.6 Å². The van der Waals surface area contributed by atoms with Crippen LogP contribution in [-0.4, -0.2) is 21.7 Å². The number of nitrogens with zero attached hydrogens (tertiary/aromatic N) is 2. The molecular formula is C15H26N4O. The molecule has 1 saturated carbocycles. The van der Waals surface area contributed by atoms with E-state index in [9.17, 15) is 4.79 Å². The quantitative estimate of drug-likeness (QED) is 0.886. The highest BCUT2D eigenvalue weighted by Gasteiger charge is 2.22. The van der Waals surface area contributed by atoms with Crippen molar-refractivity contribution in [3.8, 4) is 0 Å². The molecule has 20 heavy (non-hydrogen) atoms. The highest BCUT2D eigenvalue weighted by Crippen LogP contribution is 2.26. The summed E-state index contributed by atoms with van der Waals surface area (Å²) in [6, 6.07) is 0.247. The summed E-state index contributed by atoms with van der Waals surface area (Å²) in [7, 11) is 0. The van der Waals surface area contributed by atoms with E-state index < -0.39 is 0 Å². The van der Waals surface area contributed by atoms with Gasteiger partial charge in [-0.25, -0.2) is 0 Å². The Morgan fingerprint density at radius 3 is 2.60 bits per heavy atom. The fourth-order valence-electron chi connectivity index (χ4n) is 3.05. The summed E-state index contributed by atoms with van der Waals surface area (Å²) in [5.74, 6) is 0.645. The molecule has 3 N–H and O–H groups in total. The molecule has 0 aromatic carbocycles. The SMILES string of the molecule is Cc1nn(CC(=O)NC(C)C2CCCCC2)c(C)c1N. The third-order valence-corrected chi connectivity index (χ3v) is 4.48. The highest BCUT2D eigenvalue weighted by molar-refractivity contribution is 5.76. The Bertz CT molecular complexity index is 474. The van der Waals surface area contributed by atoms with Crippen molar-refractivity contribution in [3.05, 3.63) is 11.4 Å². The maximum atomic E-state index is 12.1. The molecule has 0 radical (unpaired) electrons. The van der Waals surface area contributed by atoms with Gasteiger partial charge in [0.1, 0.15) is 6.54 Å². The maximum absolute atomic E-state index is 12.1. The molecule has 112 valence electrons. The average molecular weight is 278 g/mol. The number of hydrogen-bond acceptors (Lipinski definition) is 3. The van der Waals surface area contributed by atoms with Crippen LogP contribution in [0.4, 0.5) is 5.69 Å². The molecule has 1 atom stereocenters. The first-order valence-corrected chi connectivity index (χ1v) is 7.58. The van der Waals surface area contributed by atoms with Gasteiger partial charge in [-0.2, -0.15) is 5.10 Å². The summed E-state index contributed by atoms with van der Waals surface area (Å²) in [6.07, 6.45) is 6.38. The van der Waals surface area contributed by atoms with Crippen LogP contribution in [0.25, 0.3) is 0 Å². The molecule has 1 amide bonds. The molecule has 5 nitrogen and oxygen atoms in total. The second-order valence-electron chi connectivity index (χ2n) is 6.00. The lowest BCUT2D eigenvalue weighted by atomic mass is 9.84. The summed E-state index contributed by atoms with van der Waals surface area (Å²) >= 11 is 0. The van der Waals surface area contributed by atoms with Crippen LogP contribution in [0.1, 0.15) is 50.4 Å². The van der Waals surface area contributed by atoms with Crippen LogP contribution in [0, 0.1) is 19.8 Å². The summed E-state index contributed by atoms with van der Waals surface area (Å²) < 4.78 is 1.69. The van der Waals surface area contributed by atoms with Crippen molar-refractivity contribution in [2.24, 2.45) is 5.92 Å². The molecule has 2 rings (SSSR count). The fraction of sp³-hybridized carbons (Fsp3) is 0.733. The molecule has 1 heterocycles. The van der Waals surface area contributed by atoms with E-state index in [4.69, 9.17) is 5.73 Å². The molecule has 0 bridgehead atoms.